The van der Waals surface area contributed by atoms with Gasteiger partial charge in [0.1, 0.15) is 12.4 Å². The Morgan fingerprint density at radius 3 is 2.46 bits per heavy atom. The first kappa shape index (κ1) is 20.3. The van der Waals surface area contributed by atoms with Gasteiger partial charge in [0.2, 0.25) is 0 Å². The number of benzene rings is 2. The van der Waals surface area contributed by atoms with Gasteiger partial charge in [-0.05, 0) is 36.1 Å². The van der Waals surface area contributed by atoms with Crippen molar-refractivity contribution < 1.29 is 26.5 Å². The number of hydrogen-bond donors (Lipinski definition) is 0. The van der Waals surface area contributed by atoms with Crippen LogP contribution in [-0.4, -0.2) is 38.3 Å². The van der Waals surface area contributed by atoms with Crippen LogP contribution in [0.2, 0.25) is 0 Å². The predicted octanol–water partition coefficient (Wildman–Crippen LogP) is 3.64. The second-order valence-electron chi connectivity index (χ2n) is 6.75. The van der Waals surface area contributed by atoms with Crippen LogP contribution in [-0.2, 0) is 25.6 Å². The molecule has 2 unspecified atom stereocenters. The fourth-order valence-corrected chi connectivity index (χ4v) is 3.96. The van der Waals surface area contributed by atoms with Crippen LogP contribution in [0.1, 0.15) is 30.0 Å². The highest BCUT2D eigenvalue weighted by atomic mass is 32.2. The molecule has 0 spiro atoms. The van der Waals surface area contributed by atoms with E-state index in [2.05, 4.69) is 0 Å². The molecule has 1 aliphatic rings. The number of likely N-dealkylation sites (tertiary alicyclic amines) is 1. The number of piperidine rings is 1. The first-order valence-corrected chi connectivity index (χ1v) is 10.7. The van der Waals surface area contributed by atoms with Gasteiger partial charge >= 0.3 is 6.09 Å². The maximum Gasteiger partial charge on any atom is 0.410 e. The quantitative estimate of drug-likeness (QED) is 0.708. The highest BCUT2D eigenvalue weighted by Crippen LogP contribution is 2.33. The largest absolute Gasteiger partial charge is 0.445 e. The van der Waals surface area contributed by atoms with Gasteiger partial charge in [-0.15, -0.1) is 0 Å². The normalized spacial score (nSPS) is 20.0. The van der Waals surface area contributed by atoms with Crippen LogP contribution in [0.15, 0.2) is 54.6 Å². The Hall–Kier alpha value is -2.45. The number of nitrogens with zero attached hydrogens (tertiary/aromatic N) is 1. The van der Waals surface area contributed by atoms with Gasteiger partial charge in [-0.25, -0.2) is 9.18 Å². The molecular weight excluding hydrogens is 385 g/mol. The second-order valence-corrected chi connectivity index (χ2v) is 8.35. The van der Waals surface area contributed by atoms with E-state index in [1.54, 1.807) is 12.1 Å². The minimum absolute atomic E-state index is 0.135. The lowest BCUT2D eigenvalue weighted by molar-refractivity contribution is 0.0366. The van der Waals surface area contributed by atoms with Crippen molar-refractivity contribution in [3.8, 4) is 0 Å². The Labute approximate surface area is 164 Å². The Morgan fingerprint density at radius 1 is 1.14 bits per heavy atom. The summed E-state index contributed by atoms with van der Waals surface area (Å²) < 4.78 is 46.8. The van der Waals surface area contributed by atoms with E-state index in [0.29, 0.717) is 12.0 Å². The molecule has 8 heteroatoms. The molecule has 1 fully saturated rings. The van der Waals surface area contributed by atoms with E-state index in [1.807, 2.05) is 30.3 Å². The summed E-state index contributed by atoms with van der Waals surface area (Å²) in [4.78, 5) is 14.2. The van der Waals surface area contributed by atoms with Crippen molar-refractivity contribution in [3.05, 3.63) is 71.5 Å². The molecule has 1 amide bonds. The van der Waals surface area contributed by atoms with Gasteiger partial charge in [-0.1, -0.05) is 42.5 Å². The fourth-order valence-electron chi connectivity index (χ4n) is 3.29. The molecule has 0 aromatic heterocycles. The van der Waals surface area contributed by atoms with Crippen LogP contribution in [0.3, 0.4) is 0 Å². The van der Waals surface area contributed by atoms with Crippen LogP contribution in [0.25, 0.3) is 0 Å². The lowest BCUT2D eigenvalue weighted by Gasteiger charge is -2.38. The number of ether oxygens (including phenoxy) is 1. The van der Waals surface area contributed by atoms with E-state index in [0.717, 1.165) is 11.8 Å². The summed E-state index contributed by atoms with van der Waals surface area (Å²) in [5.41, 5.74) is 1.56. The van der Waals surface area contributed by atoms with Crippen LogP contribution in [0.5, 0.6) is 0 Å². The van der Waals surface area contributed by atoms with E-state index in [-0.39, 0.29) is 25.4 Å². The van der Waals surface area contributed by atoms with Gasteiger partial charge in [0.25, 0.3) is 10.1 Å². The average Bonchev–Trinajstić information content (AvgIpc) is 2.66. The molecule has 2 atom stereocenters. The van der Waals surface area contributed by atoms with E-state index < -0.39 is 28.4 Å². The zero-order valence-electron chi connectivity index (χ0n) is 15.5. The van der Waals surface area contributed by atoms with Crippen molar-refractivity contribution in [2.24, 2.45) is 0 Å². The Bertz CT molecular complexity index is 902. The van der Waals surface area contributed by atoms with Gasteiger partial charge in [-0.2, -0.15) is 8.42 Å². The molecule has 1 heterocycles. The third-order valence-electron chi connectivity index (χ3n) is 4.56. The molecule has 3 rings (SSSR count). The Kier molecular flexibility index (Phi) is 6.31. The molecular formula is C20H22FNO5S. The molecule has 2 aromatic rings. The van der Waals surface area contributed by atoms with Crippen molar-refractivity contribution in [2.75, 3.05) is 12.8 Å². The summed E-state index contributed by atoms with van der Waals surface area (Å²) in [6, 6.07) is 14.6. The number of rotatable bonds is 5. The molecule has 2 aromatic carbocycles. The molecule has 0 bridgehead atoms. The van der Waals surface area contributed by atoms with Crippen LogP contribution in [0.4, 0.5) is 9.18 Å². The van der Waals surface area contributed by atoms with Gasteiger partial charge < -0.3 is 9.64 Å². The highest BCUT2D eigenvalue weighted by molar-refractivity contribution is 7.86. The van der Waals surface area contributed by atoms with Gasteiger partial charge in [0.05, 0.1) is 18.4 Å². The summed E-state index contributed by atoms with van der Waals surface area (Å²) >= 11 is 0. The minimum atomic E-state index is -3.61. The number of carbonyl (C=O) groups is 1. The summed E-state index contributed by atoms with van der Waals surface area (Å²) in [7, 11) is -3.61. The maximum absolute atomic E-state index is 13.3. The topological polar surface area (TPSA) is 72.9 Å². The summed E-state index contributed by atoms with van der Waals surface area (Å²) in [6.45, 7) is 0.408. The number of halogens is 1. The molecule has 1 saturated heterocycles. The summed E-state index contributed by atoms with van der Waals surface area (Å²) in [5, 5.41) is 0. The molecule has 150 valence electrons. The van der Waals surface area contributed by atoms with E-state index in [1.165, 1.54) is 17.0 Å². The highest BCUT2D eigenvalue weighted by Gasteiger charge is 2.35. The van der Waals surface area contributed by atoms with E-state index >= 15 is 0 Å². The number of carbonyl (C=O) groups excluding carboxylic acids is 1. The first-order valence-electron chi connectivity index (χ1n) is 8.93. The summed E-state index contributed by atoms with van der Waals surface area (Å²) in [5.74, 6) is -0.387. The van der Waals surface area contributed by atoms with E-state index in [9.17, 15) is 17.6 Å². The lowest BCUT2D eigenvalue weighted by atomic mass is 9.94. The molecule has 0 aliphatic carbocycles. The van der Waals surface area contributed by atoms with Crippen molar-refractivity contribution in [2.45, 2.75) is 31.6 Å². The van der Waals surface area contributed by atoms with Crippen LogP contribution in [0, 0.1) is 5.82 Å². The van der Waals surface area contributed by atoms with Crippen LogP contribution < -0.4 is 0 Å². The number of amides is 1. The SMILES string of the molecule is CS(=O)(=O)OC1CCN(C(=O)OCc2ccccc2)C(c2ccc(F)cc2)C1. The molecule has 0 N–H and O–H groups in total. The average molecular weight is 407 g/mol. The second kappa shape index (κ2) is 8.70. The molecule has 6 nitrogen and oxygen atoms in total. The van der Waals surface area contributed by atoms with Gasteiger partial charge in [0.15, 0.2) is 0 Å². The lowest BCUT2D eigenvalue weighted by Crippen LogP contribution is -2.43. The first-order chi connectivity index (χ1) is 13.3. The number of hydrogen-bond acceptors (Lipinski definition) is 5. The molecule has 0 radical (unpaired) electrons. The zero-order valence-corrected chi connectivity index (χ0v) is 16.3. The van der Waals surface area contributed by atoms with Crippen molar-refractivity contribution in [3.63, 3.8) is 0 Å². The fraction of sp³-hybridized carbons (Fsp3) is 0.350. The summed E-state index contributed by atoms with van der Waals surface area (Å²) in [6.07, 6.45) is 0.587. The third-order valence-corrected chi connectivity index (χ3v) is 5.18. The molecule has 0 saturated carbocycles. The van der Waals surface area contributed by atoms with E-state index in [4.69, 9.17) is 8.92 Å². The monoisotopic (exact) mass is 407 g/mol. The molecule has 28 heavy (non-hydrogen) atoms. The standard InChI is InChI=1S/C20H22FNO5S/c1-28(24,25)27-18-11-12-22(19(13-18)16-7-9-17(21)10-8-16)20(23)26-14-15-5-3-2-4-6-15/h2-10,18-19H,11-14H2,1H3. The predicted molar refractivity (Wildman–Crippen MR) is 101 cm³/mol. The zero-order chi connectivity index (χ0) is 20.1. The van der Waals surface area contributed by atoms with Crippen molar-refractivity contribution in [1.29, 1.82) is 0 Å². The maximum atomic E-state index is 13.3. The van der Waals surface area contributed by atoms with Crippen LogP contribution >= 0.6 is 0 Å². The minimum Gasteiger partial charge on any atom is -0.445 e. The molecule has 1 aliphatic heterocycles. The van der Waals surface area contributed by atoms with Gasteiger partial charge in [0, 0.05) is 6.54 Å². The third kappa shape index (κ3) is 5.53. The van der Waals surface area contributed by atoms with Crippen molar-refractivity contribution >= 4 is 16.2 Å². The Morgan fingerprint density at radius 2 is 1.82 bits per heavy atom. The Balaban J connectivity index is 1.75. The smallest absolute Gasteiger partial charge is 0.410 e. The van der Waals surface area contributed by atoms with Crippen molar-refractivity contribution in [1.82, 2.24) is 4.90 Å². The van der Waals surface area contributed by atoms with Gasteiger partial charge in [-0.3, -0.25) is 4.18 Å².